The normalized spacial score (nSPS) is 13.9. The molecule has 98 valence electrons. The van der Waals surface area contributed by atoms with Crippen LogP contribution in [0.2, 0.25) is 0 Å². The lowest BCUT2D eigenvalue weighted by molar-refractivity contribution is 0.579. The Kier molecular flexibility index (Phi) is 4.74. The Hall–Kier alpha value is -0.400. The first kappa shape index (κ1) is 14.7. The Bertz CT molecular complexity index is 496. The molecule has 5 nitrogen and oxygen atoms in total. The second kappa shape index (κ2) is 5.49. The summed E-state index contributed by atoms with van der Waals surface area (Å²) < 4.78 is 26.4. The third-order valence-electron chi connectivity index (χ3n) is 2.79. The molecule has 0 saturated heterocycles. The summed E-state index contributed by atoms with van der Waals surface area (Å²) in [6.07, 6.45) is 0.765. The van der Waals surface area contributed by atoms with Crippen molar-refractivity contribution in [3.63, 3.8) is 0 Å². The van der Waals surface area contributed by atoms with Crippen LogP contribution in [0.15, 0.2) is 4.47 Å². The molecule has 0 saturated carbocycles. The van der Waals surface area contributed by atoms with Crippen LogP contribution in [0, 0.1) is 0 Å². The minimum absolute atomic E-state index is 0.0323. The van der Waals surface area contributed by atoms with Gasteiger partial charge in [0.2, 0.25) is 0 Å². The fourth-order valence-electron chi connectivity index (χ4n) is 1.46. The molecule has 0 spiro atoms. The molecule has 1 aromatic heterocycles. The molecule has 17 heavy (non-hydrogen) atoms. The van der Waals surface area contributed by atoms with Crippen LogP contribution in [0.5, 0.6) is 0 Å². The summed E-state index contributed by atoms with van der Waals surface area (Å²) in [4.78, 5) is 0. The van der Waals surface area contributed by atoms with Crippen molar-refractivity contribution in [2.24, 2.45) is 12.8 Å². The summed E-state index contributed by atoms with van der Waals surface area (Å²) in [5.74, 6) is -0.0323. The second-order valence-corrected chi connectivity index (χ2v) is 7.25. The van der Waals surface area contributed by atoms with E-state index in [1.807, 2.05) is 6.92 Å². The molecule has 7 heteroatoms. The monoisotopic (exact) mass is 323 g/mol. The van der Waals surface area contributed by atoms with Crippen LogP contribution >= 0.6 is 15.9 Å². The topological polar surface area (TPSA) is 78.0 Å². The first-order chi connectivity index (χ1) is 7.83. The average Bonchev–Trinajstić information content (AvgIpc) is 2.54. The molecular weight excluding hydrogens is 306 g/mol. The number of hydrogen-bond donors (Lipinski definition) is 1. The summed E-state index contributed by atoms with van der Waals surface area (Å²) in [6, 6.07) is 0. The predicted molar refractivity (Wildman–Crippen MR) is 71.4 cm³/mol. The van der Waals surface area contributed by atoms with Crippen LogP contribution in [0.4, 0.5) is 0 Å². The molecule has 0 aliphatic carbocycles. The fraction of sp³-hybridized carbons (Fsp3) is 0.700. The van der Waals surface area contributed by atoms with Crippen LogP contribution in [0.3, 0.4) is 0 Å². The smallest absolute Gasteiger partial charge is 0.159 e. The minimum atomic E-state index is -3.22. The van der Waals surface area contributed by atoms with E-state index < -0.39 is 15.1 Å². The van der Waals surface area contributed by atoms with Gasteiger partial charge in [-0.05, 0) is 29.3 Å². The van der Waals surface area contributed by atoms with Gasteiger partial charge < -0.3 is 5.73 Å². The molecule has 1 heterocycles. The maximum atomic E-state index is 12.0. The maximum absolute atomic E-state index is 12.0. The number of nitrogens with two attached hydrogens (primary N) is 1. The quantitative estimate of drug-likeness (QED) is 0.877. The van der Waals surface area contributed by atoms with E-state index in [1.165, 1.54) is 0 Å². The highest BCUT2D eigenvalue weighted by atomic mass is 79.9. The highest BCUT2D eigenvalue weighted by molar-refractivity contribution is 9.10. The number of halogens is 1. The van der Waals surface area contributed by atoms with Gasteiger partial charge in [0.15, 0.2) is 9.84 Å². The van der Waals surface area contributed by atoms with E-state index in [9.17, 15) is 8.42 Å². The molecule has 1 rings (SSSR count). The van der Waals surface area contributed by atoms with Crippen LogP contribution in [0.25, 0.3) is 0 Å². The van der Waals surface area contributed by atoms with Crippen molar-refractivity contribution in [1.29, 1.82) is 0 Å². The Morgan fingerprint density at radius 2 is 2.12 bits per heavy atom. The predicted octanol–water partition coefficient (Wildman–Crippen LogP) is 1.01. The summed E-state index contributed by atoms with van der Waals surface area (Å²) in [6.45, 7) is 3.74. The lowest BCUT2D eigenvalue weighted by Gasteiger charge is -2.10. The van der Waals surface area contributed by atoms with Crippen molar-refractivity contribution >= 4 is 25.8 Å². The van der Waals surface area contributed by atoms with E-state index in [0.29, 0.717) is 5.69 Å². The first-order valence-electron chi connectivity index (χ1n) is 5.45. The Morgan fingerprint density at radius 1 is 1.53 bits per heavy atom. The van der Waals surface area contributed by atoms with Crippen molar-refractivity contribution in [2.45, 2.75) is 31.3 Å². The first-order valence-corrected chi connectivity index (χ1v) is 7.96. The van der Waals surface area contributed by atoms with Gasteiger partial charge in [-0.25, -0.2) is 8.42 Å². The van der Waals surface area contributed by atoms with Gasteiger partial charge >= 0.3 is 0 Å². The lowest BCUT2D eigenvalue weighted by Crippen LogP contribution is -2.28. The Morgan fingerprint density at radius 3 is 2.53 bits per heavy atom. The molecule has 0 radical (unpaired) electrons. The highest BCUT2D eigenvalue weighted by Crippen LogP contribution is 2.24. The fourth-order valence-corrected chi connectivity index (χ4v) is 3.69. The number of aryl methyl sites for hydroxylation is 2. The molecular formula is C10H18BrN3O2S. The van der Waals surface area contributed by atoms with Gasteiger partial charge in [-0.3, -0.25) is 4.68 Å². The average molecular weight is 324 g/mol. The van der Waals surface area contributed by atoms with Gasteiger partial charge in [0, 0.05) is 13.6 Å². The number of rotatable bonds is 5. The number of sulfone groups is 1. The maximum Gasteiger partial charge on any atom is 0.159 e. The SMILES string of the molecule is CCc1nn(C)c(CS(=O)(=O)C(C)CN)c1Br. The highest BCUT2D eigenvalue weighted by Gasteiger charge is 2.24. The van der Waals surface area contributed by atoms with Gasteiger partial charge in [-0.1, -0.05) is 6.92 Å². The molecule has 2 N–H and O–H groups in total. The summed E-state index contributed by atoms with van der Waals surface area (Å²) in [5, 5.41) is 3.74. The van der Waals surface area contributed by atoms with E-state index in [2.05, 4.69) is 21.0 Å². The van der Waals surface area contributed by atoms with E-state index in [1.54, 1.807) is 18.7 Å². The number of aromatic nitrogens is 2. The molecule has 1 atom stereocenters. The van der Waals surface area contributed by atoms with Crippen molar-refractivity contribution < 1.29 is 8.42 Å². The van der Waals surface area contributed by atoms with Gasteiger partial charge in [0.05, 0.1) is 26.9 Å². The van der Waals surface area contributed by atoms with Gasteiger partial charge in [0.1, 0.15) is 0 Å². The van der Waals surface area contributed by atoms with Gasteiger partial charge in [0.25, 0.3) is 0 Å². The van der Waals surface area contributed by atoms with Crippen LogP contribution in [-0.4, -0.2) is 30.0 Å². The van der Waals surface area contributed by atoms with Gasteiger partial charge in [-0.2, -0.15) is 5.10 Å². The van der Waals surface area contributed by atoms with Crippen molar-refractivity contribution in [3.05, 3.63) is 15.9 Å². The standard InChI is InChI=1S/C10H18BrN3O2S/c1-4-8-10(11)9(14(3)13-8)6-17(15,16)7(2)5-12/h7H,4-6,12H2,1-3H3. The molecule has 1 aromatic rings. The van der Waals surface area contributed by atoms with E-state index >= 15 is 0 Å². The zero-order chi connectivity index (χ0) is 13.2. The molecule has 0 aliphatic heterocycles. The minimum Gasteiger partial charge on any atom is -0.329 e. The van der Waals surface area contributed by atoms with Crippen molar-refractivity contribution in [2.75, 3.05) is 6.54 Å². The second-order valence-electron chi connectivity index (χ2n) is 4.04. The number of nitrogens with zero attached hydrogens (tertiary/aromatic N) is 2. The summed E-state index contributed by atoms with van der Waals surface area (Å²) in [7, 11) is -1.47. The molecule has 1 unspecified atom stereocenters. The van der Waals surface area contributed by atoms with E-state index in [-0.39, 0.29) is 12.3 Å². The van der Waals surface area contributed by atoms with E-state index in [4.69, 9.17) is 5.73 Å². The Balaban J connectivity index is 3.08. The number of hydrogen-bond acceptors (Lipinski definition) is 4. The van der Waals surface area contributed by atoms with Crippen molar-refractivity contribution in [1.82, 2.24) is 9.78 Å². The molecule has 0 bridgehead atoms. The van der Waals surface area contributed by atoms with Crippen LogP contribution < -0.4 is 5.73 Å². The molecule has 0 amide bonds. The summed E-state index contributed by atoms with van der Waals surface area (Å²) >= 11 is 3.41. The molecule has 0 aliphatic rings. The largest absolute Gasteiger partial charge is 0.329 e. The zero-order valence-electron chi connectivity index (χ0n) is 10.3. The Labute approximate surface area is 110 Å². The van der Waals surface area contributed by atoms with E-state index in [0.717, 1.165) is 16.6 Å². The molecule has 0 aromatic carbocycles. The third kappa shape index (κ3) is 3.08. The molecule has 0 fully saturated rings. The third-order valence-corrected chi connectivity index (χ3v) is 5.80. The van der Waals surface area contributed by atoms with Crippen molar-refractivity contribution in [3.8, 4) is 0 Å². The van der Waals surface area contributed by atoms with Crippen LogP contribution in [0.1, 0.15) is 25.2 Å². The van der Waals surface area contributed by atoms with Gasteiger partial charge in [-0.15, -0.1) is 0 Å². The lowest BCUT2D eigenvalue weighted by atomic mass is 10.3. The summed E-state index contributed by atoms with van der Waals surface area (Å²) in [5.41, 5.74) is 6.96. The zero-order valence-corrected chi connectivity index (χ0v) is 12.7. The van der Waals surface area contributed by atoms with Crippen LogP contribution in [-0.2, 0) is 29.1 Å².